The van der Waals surface area contributed by atoms with Crippen molar-refractivity contribution >= 4 is 10.4 Å². The fraction of sp³-hybridized carbons (Fsp3) is 1.00. The molecule has 14 atom stereocenters. The van der Waals surface area contributed by atoms with E-state index in [1.54, 1.807) is 0 Å². The van der Waals surface area contributed by atoms with Crippen molar-refractivity contribution in [2.75, 3.05) is 0 Å². The molecule has 8 rings (SSSR count). The second kappa shape index (κ2) is 10.8. The Hall–Kier alpha value is -0.410. The smallest absolute Gasteiger partial charge is 0.245 e. The molecule has 0 radical (unpaired) electrons. The molecule has 8 aliphatic rings. The first kappa shape index (κ1) is 33.7. The van der Waals surface area contributed by atoms with Crippen LogP contribution in [0.5, 0.6) is 0 Å². The topological polar surface area (TPSA) is 52.6 Å². The Morgan fingerprint density at radius 2 is 0.872 bits per heavy atom. The van der Waals surface area contributed by atoms with Crippen molar-refractivity contribution in [3.63, 3.8) is 0 Å². The van der Waals surface area contributed by atoms with E-state index in [-0.39, 0.29) is 35.5 Å². The highest BCUT2D eigenvalue weighted by Crippen LogP contribution is 2.71. The standard InChI is InChI=1S/C38H58F4O4S/c1-33-15-9-25(21-23(33)5-7-27-29(33)11-17-35(3)31(27)13-19-37(35,39)40)45-47(43,44)46-26-10-16-34(2)24(22-26)6-8-28-30(34)12-18-36(4)32(28)14-20-38(36,41)42/h23-32H,5-22H2,1-4H3/t23-,24-,25-,26-,27-,28-,29+,30+,31+,32+,33+,34+,35+,36+/m1/s1. The van der Waals surface area contributed by atoms with Gasteiger partial charge in [0.25, 0.3) is 11.8 Å². The summed E-state index contributed by atoms with van der Waals surface area (Å²) in [5, 5.41) is 0. The Morgan fingerprint density at radius 1 is 0.489 bits per heavy atom. The zero-order valence-electron chi connectivity index (χ0n) is 29.1. The molecule has 8 saturated carbocycles. The van der Waals surface area contributed by atoms with E-state index >= 15 is 0 Å². The number of alkyl halides is 4. The molecule has 0 N–H and O–H groups in total. The van der Waals surface area contributed by atoms with Crippen LogP contribution in [-0.4, -0.2) is 32.5 Å². The van der Waals surface area contributed by atoms with Gasteiger partial charge in [0.05, 0.1) is 12.2 Å². The molecule has 4 nitrogen and oxygen atoms in total. The average Bonchev–Trinajstić information content (AvgIpc) is 3.39. The molecule has 0 saturated heterocycles. The van der Waals surface area contributed by atoms with Crippen molar-refractivity contribution in [3.05, 3.63) is 0 Å². The van der Waals surface area contributed by atoms with Gasteiger partial charge in [-0.2, -0.15) is 8.42 Å². The molecule has 0 aromatic carbocycles. The molecule has 9 heteroatoms. The lowest BCUT2D eigenvalue weighted by Crippen LogP contribution is -2.55. The lowest BCUT2D eigenvalue weighted by molar-refractivity contribution is -0.173. The molecular formula is C38H58F4O4S. The molecular weight excluding hydrogens is 628 g/mol. The van der Waals surface area contributed by atoms with Crippen LogP contribution in [0.3, 0.4) is 0 Å². The van der Waals surface area contributed by atoms with E-state index in [4.69, 9.17) is 8.37 Å². The first-order chi connectivity index (χ1) is 21.9. The van der Waals surface area contributed by atoms with Gasteiger partial charge in [-0.3, -0.25) is 0 Å². The third-order valence-corrected chi connectivity index (χ3v) is 18.7. The highest BCUT2D eigenvalue weighted by Gasteiger charge is 2.68. The fourth-order valence-electron chi connectivity index (χ4n) is 14.8. The van der Waals surface area contributed by atoms with Crippen molar-refractivity contribution < 1.29 is 34.3 Å². The zero-order chi connectivity index (χ0) is 33.4. The van der Waals surface area contributed by atoms with Crippen LogP contribution < -0.4 is 0 Å². The Bertz CT molecular complexity index is 1260. The Kier molecular flexibility index (Phi) is 7.75. The first-order valence-corrected chi connectivity index (χ1v) is 20.6. The van der Waals surface area contributed by atoms with Gasteiger partial charge in [0.15, 0.2) is 0 Å². The van der Waals surface area contributed by atoms with Gasteiger partial charge in [-0.05, 0) is 161 Å². The van der Waals surface area contributed by atoms with E-state index in [2.05, 4.69) is 13.8 Å². The summed E-state index contributed by atoms with van der Waals surface area (Å²) in [6, 6.07) is 0. The van der Waals surface area contributed by atoms with Gasteiger partial charge in [-0.1, -0.05) is 27.7 Å². The summed E-state index contributed by atoms with van der Waals surface area (Å²) >= 11 is 0. The maximum absolute atomic E-state index is 15.0. The summed E-state index contributed by atoms with van der Waals surface area (Å²) in [5.41, 5.74) is -1.65. The first-order valence-electron chi connectivity index (χ1n) is 19.3. The van der Waals surface area contributed by atoms with E-state index in [0.29, 0.717) is 86.9 Å². The molecule has 0 aromatic heterocycles. The quantitative estimate of drug-likeness (QED) is 0.276. The second-order valence-electron chi connectivity index (χ2n) is 19.1. The van der Waals surface area contributed by atoms with Crippen LogP contribution >= 0.6 is 0 Å². The van der Waals surface area contributed by atoms with Crippen LogP contribution in [0.1, 0.15) is 143 Å². The Morgan fingerprint density at radius 3 is 1.28 bits per heavy atom. The highest BCUT2D eigenvalue weighted by atomic mass is 32.3. The molecule has 0 spiro atoms. The third-order valence-electron chi connectivity index (χ3n) is 17.7. The summed E-state index contributed by atoms with van der Waals surface area (Å²) in [6.45, 7) is 8.38. The molecule has 0 aliphatic heterocycles. The van der Waals surface area contributed by atoms with Gasteiger partial charge in [0, 0.05) is 23.7 Å². The van der Waals surface area contributed by atoms with E-state index in [0.717, 1.165) is 51.4 Å². The third kappa shape index (κ3) is 4.85. The van der Waals surface area contributed by atoms with Crippen molar-refractivity contribution in [2.24, 2.45) is 69.0 Å². The number of halogens is 4. The van der Waals surface area contributed by atoms with Gasteiger partial charge in [-0.15, -0.1) is 0 Å². The van der Waals surface area contributed by atoms with Gasteiger partial charge >= 0.3 is 10.4 Å². The summed E-state index contributed by atoms with van der Waals surface area (Å²) < 4.78 is 98.2. The van der Waals surface area contributed by atoms with Crippen molar-refractivity contribution in [2.45, 2.75) is 167 Å². The van der Waals surface area contributed by atoms with Gasteiger partial charge < -0.3 is 0 Å². The van der Waals surface area contributed by atoms with E-state index < -0.39 is 45.3 Å². The highest BCUT2D eigenvalue weighted by molar-refractivity contribution is 7.81. The minimum Gasteiger partial charge on any atom is -0.245 e. The molecule has 0 bridgehead atoms. The molecule has 0 unspecified atom stereocenters. The predicted octanol–water partition coefficient (Wildman–Crippen LogP) is 10.4. The summed E-state index contributed by atoms with van der Waals surface area (Å²) in [5.74, 6) is -2.72. The minimum atomic E-state index is -4.18. The number of rotatable bonds is 4. The van der Waals surface area contributed by atoms with Gasteiger partial charge in [0.1, 0.15) is 0 Å². The number of fused-ring (bicyclic) bond motifs is 10. The molecule has 0 aromatic rings. The number of hydrogen-bond acceptors (Lipinski definition) is 4. The molecule has 8 aliphatic carbocycles. The molecule has 268 valence electrons. The van der Waals surface area contributed by atoms with E-state index in [9.17, 15) is 26.0 Å². The fourth-order valence-corrected chi connectivity index (χ4v) is 15.9. The second-order valence-corrected chi connectivity index (χ2v) is 20.3. The minimum absolute atomic E-state index is 0.0227. The van der Waals surface area contributed by atoms with Crippen LogP contribution in [0.4, 0.5) is 17.6 Å². The SMILES string of the molecule is C[C@]12CC[C@@H](OS(=O)(=O)O[C@@H]3CC[C@@]4(C)[C@H](CC[C@@H]5[C@@H]4CC[C@@]4(C)[C@H]5CCC4(F)F)C3)C[C@H]1CC[C@@H]1[C@@H]2CC[C@@]2(C)[C@H]1CCC2(F)F. The summed E-state index contributed by atoms with van der Waals surface area (Å²) in [6.07, 6.45) is 11.7. The van der Waals surface area contributed by atoms with Crippen molar-refractivity contribution in [1.82, 2.24) is 0 Å². The maximum Gasteiger partial charge on any atom is 0.400 e. The Balaban J connectivity index is 0.877. The molecule has 8 fully saturated rings. The van der Waals surface area contributed by atoms with E-state index in [1.807, 2.05) is 13.8 Å². The van der Waals surface area contributed by atoms with E-state index in [1.165, 1.54) is 0 Å². The maximum atomic E-state index is 15.0. The normalized spacial score (nSPS) is 54.7. The average molecular weight is 687 g/mol. The summed E-state index contributed by atoms with van der Waals surface area (Å²) in [7, 11) is -4.18. The predicted molar refractivity (Wildman–Crippen MR) is 172 cm³/mol. The van der Waals surface area contributed by atoms with Gasteiger partial charge in [0.2, 0.25) is 0 Å². The Labute approximate surface area is 280 Å². The monoisotopic (exact) mass is 686 g/mol. The lowest BCUT2D eigenvalue weighted by Gasteiger charge is -2.61. The largest absolute Gasteiger partial charge is 0.400 e. The lowest BCUT2D eigenvalue weighted by atomic mass is 9.45. The molecule has 0 amide bonds. The molecule has 47 heavy (non-hydrogen) atoms. The summed E-state index contributed by atoms with van der Waals surface area (Å²) in [4.78, 5) is 0. The van der Waals surface area contributed by atoms with Crippen molar-refractivity contribution in [1.29, 1.82) is 0 Å². The van der Waals surface area contributed by atoms with Crippen LogP contribution in [-0.2, 0) is 18.8 Å². The van der Waals surface area contributed by atoms with Crippen LogP contribution in [0, 0.1) is 69.0 Å². The number of hydrogen-bond donors (Lipinski definition) is 0. The van der Waals surface area contributed by atoms with Crippen LogP contribution in [0.2, 0.25) is 0 Å². The zero-order valence-corrected chi connectivity index (χ0v) is 29.9. The van der Waals surface area contributed by atoms with Crippen LogP contribution in [0.25, 0.3) is 0 Å². The van der Waals surface area contributed by atoms with Crippen LogP contribution in [0.15, 0.2) is 0 Å². The van der Waals surface area contributed by atoms with Gasteiger partial charge in [-0.25, -0.2) is 25.9 Å². The van der Waals surface area contributed by atoms with Crippen molar-refractivity contribution in [3.8, 4) is 0 Å². The molecule has 0 heterocycles.